The molecule has 0 aromatic heterocycles. The molecule has 0 aliphatic carbocycles. The average Bonchev–Trinajstić information content (AvgIpc) is 2.43. The SMILES string of the molecule is Cc1ccc(CCCCCCCCCCCN)cc1. The third-order valence-corrected chi connectivity index (χ3v) is 3.79. The molecule has 0 saturated carbocycles. The van der Waals surface area contributed by atoms with Gasteiger partial charge in [0.05, 0.1) is 0 Å². The van der Waals surface area contributed by atoms with Gasteiger partial charge in [0.15, 0.2) is 0 Å². The minimum absolute atomic E-state index is 0.860. The lowest BCUT2D eigenvalue weighted by Gasteiger charge is -2.03. The van der Waals surface area contributed by atoms with Crippen LogP contribution in [0.25, 0.3) is 0 Å². The molecular weight excluding hydrogens is 230 g/mol. The van der Waals surface area contributed by atoms with E-state index in [1.807, 2.05) is 0 Å². The summed E-state index contributed by atoms with van der Waals surface area (Å²) in [6.07, 6.45) is 13.5. The maximum Gasteiger partial charge on any atom is -0.00773 e. The van der Waals surface area contributed by atoms with Crippen molar-refractivity contribution in [3.05, 3.63) is 35.4 Å². The van der Waals surface area contributed by atoms with E-state index in [9.17, 15) is 0 Å². The third-order valence-electron chi connectivity index (χ3n) is 3.79. The van der Waals surface area contributed by atoms with Crippen molar-refractivity contribution >= 4 is 0 Å². The summed E-state index contributed by atoms with van der Waals surface area (Å²) in [5, 5.41) is 0. The first-order valence-corrected chi connectivity index (χ1v) is 8.08. The van der Waals surface area contributed by atoms with E-state index in [1.165, 1.54) is 75.3 Å². The molecule has 0 aliphatic heterocycles. The van der Waals surface area contributed by atoms with Crippen LogP contribution in [0.4, 0.5) is 0 Å². The van der Waals surface area contributed by atoms with Crippen molar-refractivity contribution in [3.8, 4) is 0 Å². The van der Waals surface area contributed by atoms with Gasteiger partial charge in [0.2, 0.25) is 0 Å². The van der Waals surface area contributed by atoms with Crippen LogP contribution in [0.5, 0.6) is 0 Å². The Morgan fingerprint density at radius 3 is 1.68 bits per heavy atom. The molecule has 0 unspecified atom stereocenters. The van der Waals surface area contributed by atoms with Gasteiger partial charge in [-0.15, -0.1) is 0 Å². The average molecular weight is 261 g/mol. The first kappa shape index (κ1) is 16.2. The fourth-order valence-corrected chi connectivity index (χ4v) is 2.47. The molecule has 0 atom stereocenters. The summed E-state index contributed by atoms with van der Waals surface area (Å²) < 4.78 is 0. The van der Waals surface area contributed by atoms with Gasteiger partial charge in [-0.2, -0.15) is 0 Å². The molecule has 1 aromatic rings. The molecule has 108 valence electrons. The lowest BCUT2D eigenvalue weighted by molar-refractivity contribution is 0.560. The number of rotatable bonds is 11. The van der Waals surface area contributed by atoms with Crippen LogP contribution in [-0.4, -0.2) is 6.54 Å². The summed E-state index contributed by atoms with van der Waals surface area (Å²) >= 11 is 0. The van der Waals surface area contributed by atoms with Crippen molar-refractivity contribution in [2.24, 2.45) is 5.73 Å². The van der Waals surface area contributed by atoms with E-state index < -0.39 is 0 Å². The van der Waals surface area contributed by atoms with E-state index in [-0.39, 0.29) is 0 Å². The molecule has 0 heterocycles. The van der Waals surface area contributed by atoms with E-state index in [2.05, 4.69) is 31.2 Å². The number of aryl methyl sites for hydroxylation is 2. The van der Waals surface area contributed by atoms with Crippen molar-refractivity contribution in [1.29, 1.82) is 0 Å². The van der Waals surface area contributed by atoms with Crippen LogP contribution in [0.15, 0.2) is 24.3 Å². The quantitative estimate of drug-likeness (QED) is 0.557. The summed E-state index contributed by atoms with van der Waals surface area (Å²) in [6, 6.07) is 8.98. The zero-order chi connectivity index (χ0) is 13.8. The molecular formula is C18H31N. The zero-order valence-electron chi connectivity index (χ0n) is 12.7. The predicted octanol–water partition coefficient (Wildman–Crippen LogP) is 5.01. The summed E-state index contributed by atoms with van der Waals surface area (Å²) in [4.78, 5) is 0. The second kappa shape index (κ2) is 11.0. The molecule has 0 fully saturated rings. The molecule has 0 saturated heterocycles. The van der Waals surface area contributed by atoms with Crippen LogP contribution in [-0.2, 0) is 6.42 Å². The number of hydrogen-bond donors (Lipinski definition) is 1. The standard InChI is InChI=1S/C18H31N/c1-17-12-14-18(15-13-17)11-9-7-5-3-2-4-6-8-10-16-19/h12-15H,2-11,16,19H2,1H3. The molecule has 1 aromatic carbocycles. The van der Waals surface area contributed by atoms with E-state index in [0.717, 1.165) is 6.54 Å². The normalized spacial score (nSPS) is 10.8. The topological polar surface area (TPSA) is 26.0 Å². The van der Waals surface area contributed by atoms with Gasteiger partial charge in [-0.1, -0.05) is 74.8 Å². The highest BCUT2D eigenvalue weighted by molar-refractivity contribution is 5.21. The monoisotopic (exact) mass is 261 g/mol. The first-order chi connectivity index (χ1) is 9.33. The molecule has 1 rings (SSSR count). The van der Waals surface area contributed by atoms with Crippen molar-refractivity contribution in [2.75, 3.05) is 6.54 Å². The maximum atomic E-state index is 5.48. The smallest absolute Gasteiger partial charge is 0.00773 e. The highest BCUT2D eigenvalue weighted by Gasteiger charge is 1.95. The molecule has 0 bridgehead atoms. The van der Waals surface area contributed by atoms with Crippen LogP contribution >= 0.6 is 0 Å². The molecule has 19 heavy (non-hydrogen) atoms. The Balaban J connectivity index is 1.87. The highest BCUT2D eigenvalue weighted by atomic mass is 14.5. The van der Waals surface area contributed by atoms with Gasteiger partial charge in [0.25, 0.3) is 0 Å². The van der Waals surface area contributed by atoms with E-state index in [1.54, 1.807) is 0 Å². The molecule has 0 amide bonds. The Labute approximate surface area is 119 Å². The third kappa shape index (κ3) is 8.83. The summed E-state index contributed by atoms with van der Waals surface area (Å²) in [5.74, 6) is 0. The van der Waals surface area contributed by atoms with Crippen molar-refractivity contribution in [3.63, 3.8) is 0 Å². The predicted molar refractivity (Wildman–Crippen MR) is 85.5 cm³/mol. The Bertz CT molecular complexity index is 302. The van der Waals surface area contributed by atoms with Crippen LogP contribution in [0.3, 0.4) is 0 Å². The van der Waals surface area contributed by atoms with Gasteiger partial charge in [0, 0.05) is 0 Å². The molecule has 0 spiro atoms. The molecule has 0 radical (unpaired) electrons. The number of hydrogen-bond acceptors (Lipinski definition) is 1. The second-order valence-electron chi connectivity index (χ2n) is 5.71. The first-order valence-electron chi connectivity index (χ1n) is 8.08. The largest absolute Gasteiger partial charge is 0.330 e. The molecule has 1 nitrogen and oxygen atoms in total. The van der Waals surface area contributed by atoms with E-state index in [4.69, 9.17) is 5.73 Å². The second-order valence-corrected chi connectivity index (χ2v) is 5.71. The van der Waals surface area contributed by atoms with E-state index >= 15 is 0 Å². The lowest BCUT2D eigenvalue weighted by atomic mass is 10.0. The molecule has 0 aliphatic rings. The highest BCUT2D eigenvalue weighted by Crippen LogP contribution is 2.12. The van der Waals surface area contributed by atoms with Gasteiger partial charge in [-0.3, -0.25) is 0 Å². The summed E-state index contributed by atoms with van der Waals surface area (Å²) in [6.45, 7) is 3.01. The minimum Gasteiger partial charge on any atom is -0.330 e. The van der Waals surface area contributed by atoms with Crippen molar-refractivity contribution in [1.82, 2.24) is 0 Å². The maximum absolute atomic E-state index is 5.48. The number of benzene rings is 1. The van der Waals surface area contributed by atoms with Crippen LogP contribution < -0.4 is 5.73 Å². The number of nitrogens with two attached hydrogens (primary N) is 1. The minimum atomic E-state index is 0.860. The molecule has 2 N–H and O–H groups in total. The van der Waals surface area contributed by atoms with Crippen LogP contribution in [0.2, 0.25) is 0 Å². The summed E-state index contributed by atoms with van der Waals surface area (Å²) in [5.41, 5.74) is 8.33. The van der Waals surface area contributed by atoms with Crippen LogP contribution in [0, 0.1) is 6.92 Å². The van der Waals surface area contributed by atoms with Gasteiger partial charge in [-0.05, 0) is 38.3 Å². The van der Waals surface area contributed by atoms with Gasteiger partial charge in [0.1, 0.15) is 0 Å². The van der Waals surface area contributed by atoms with Gasteiger partial charge in [-0.25, -0.2) is 0 Å². The van der Waals surface area contributed by atoms with Gasteiger partial charge < -0.3 is 5.73 Å². The Morgan fingerprint density at radius 2 is 1.16 bits per heavy atom. The fraction of sp³-hybridized carbons (Fsp3) is 0.667. The van der Waals surface area contributed by atoms with Crippen molar-refractivity contribution < 1.29 is 0 Å². The Kier molecular flexibility index (Phi) is 9.44. The Hall–Kier alpha value is -0.820. The summed E-state index contributed by atoms with van der Waals surface area (Å²) in [7, 11) is 0. The number of unbranched alkanes of at least 4 members (excludes halogenated alkanes) is 8. The lowest BCUT2D eigenvalue weighted by Crippen LogP contribution is -1.97. The fourth-order valence-electron chi connectivity index (χ4n) is 2.47. The van der Waals surface area contributed by atoms with Crippen molar-refractivity contribution in [2.45, 2.75) is 71.1 Å². The van der Waals surface area contributed by atoms with Gasteiger partial charge >= 0.3 is 0 Å². The van der Waals surface area contributed by atoms with E-state index in [0.29, 0.717) is 0 Å². The Morgan fingerprint density at radius 1 is 0.684 bits per heavy atom. The van der Waals surface area contributed by atoms with Crippen LogP contribution in [0.1, 0.15) is 68.9 Å². The zero-order valence-corrected chi connectivity index (χ0v) is 12.7. The molecule has 1 heteroatoms.